The number of pyridine rings is 1. The molecule has 0 spiro atoms. The van der Waals surface area contributed by atoms with Gasteiger partial charge < -0.3 is 4.90 Å². The summed E-state index contributed by atoms with van der Waals surface area (Å²) in [6.07, 6.45) is 1.90. The Labute approximate surface area is 121 Å². The Balaban J connectivity index is 1.97. The predicted octanol–water partition coefficient (Wildman–Crippen LogP) is 1.90. The third-order valence-electron chi connectivity index (χ3n) is 3.61. The standard InChI is InChI=1S/C15H14FN3O2/c16-12-7-13(15(20)18-21)14(17-8-12)19-6-5-10-3-1-2-4-11(10)9-19/h1-4,7-8,21H,5-6,9H2,(H,18,20). The van der Waals surface area contributed by atoms with E-state index >= 15 is 0 Å². The van der Waals surface area contributed by atoms with Gasteiger partial charge in [-0.15, -0.1) is 0 Å². The molecule has 0 fully saturated rings. The molecule has 0 unspecified atom stereocenters. The number of carbonyl (C=O) groups is 1. The van der Waals surface area contributed by atoms with Crippen LogP contribution in [0.2, 0.25) is 0 Å². The summed E-state index contributed by atoms with van der Waals surface area (Å²) >= 11 is 0. The molecule has 0 atom stereocenters. The first kappa shape index (κ1) is 13.5. The van der Waals surface area contributed by atoms with Gasteiger partial charge in [0.2, 0.25) is 0 Å². The normalized spacial score (nSPS) is 13.7. The van der Waals surface area contributed by atoms with Crippen LogP contribution < -0.4 is 10.4 Å². The van der Waals surface area contributed by atoms with Crippen LogP contribution in [0, 0.1) is 5.82 Å². The van der Waals surface area contributed by atoms with Gasteiger partial charge in [0, 0.05) is 13.1 Å². The number of nitrogens with one attached hydrogen (secondary N) is 1. The van der Waals surface area contributed by atoms with E-state index in [0.29, 0.717) is 18.9 Å². The molecule has 2 heterocycles. The van der Waals surface area contributed by atoms with E-state index in [2.05, 4.69) is 11.1 Å². The summed E-state index contributed by atoms with van der Waals surface area (Å²) in [6, 6.07) is 9.13. The van der Waals surface area contributed by atoms with E-state index in [4.69, 9.17) is 5.21 Å². The second-order valence-corrected chi connectivity index (χ2v) is 4.91. The first-order chi connectivity index (χ1) is 10.2. The lowest BCUT2D eigenvalue weighted by Crippen LogP contribution is -2.33. The van der Waals surface area contributed by atoms with Gasteiger partial charge >= 0.3 is 0 Å². The molecule has 1 aliphatic rings. The van der Waals surface area contributed by atoms with Crippen molar-refractivity contribution in [3.05, 3.63) is 59.0 Å². The Morgan fingerprint density at radius 1 is 1.33 bits per heavy atom. The third kappa shape index (κ3) is 2.57. The van der Waals surface area contributed by atoms with Crippen molar-refractivity contribution in [3.63, 3.8) is 0 Å². The zero-order chi connectivity index (χ0) is 14.8. The van der Waals surface area contributed by atoms with Crippen molar-refractivity contribution >= 4 is 11.7 Å². The fraction of sp³-hybridized carbons (Fsp3) is 0.200. The Morgan fingerprint density at radius 2 is 2.10 bits per heavy atom. The maximum atomic E-state index is 13.3. The van der Waals surface area contributed by atoms with Crippen molar-refractivity contribution in [2.75, 3.05) is 11.4 Å². The van der Waals surface area contributed by atoms with Crippen molar-refractivity contribution < 1.29 is 14.4 Å². The molecule has 6 heteroatoms. The van der Waals surface area contributed by atoms with E-state index in [1.807, 2.05) is 23.1 Å². The summed E-state index contributed by atoms with van der Waals surface area (Å²) < 4.78 is 13.3. The molecule has 1 aromatic carbocycles. The van der Waals surface area contributed by atoms with E-state index in [0.717, 1.165) is 24.2 Å². The van der Waals surface area contributed by atoms with Gasteiger partial charge in [0.15, 0.2) is 0 Å². The van der Waals surface area contributed by atoms with E-state index in [1.54, 1.807) is 0 Å². The lowest BCUT2D eigenvalue weighted by atomic mass is 9.99. The van der Waals surface area contributed by atoms with E-state index < -0.39 is 11.7 Å². The average molecular weight is 287 g/mol. The lowest BCUT2D eigenvalue weighted by Gasteiger charge is -2.30. The van der Waals surface area contributed by atoms with Crippen LogP contribution in [0.15, 0.2) is 36.5 Å². The van der Waals surface area contributed by atoms with Crippen LogP contribution in [0.5, 0.6) is 0 Å². The summed E-state index contributed by atoms with van der Waals surface area (Å²) in [6.45, 7) is 1.28. The molecule has 108 valence electrons. The maximum absolute atomic E-state index is 13.3. The predicted molar refractivity (Wildman–Crippen MR) is 74.6 cm³/mol. The van der Waals surface area contributed by atoms with Gasteiger partial charge in [-0.3, -0.25) is 10.0 Å². The van der Waals surface area contributed by atoms with Crippen molar-refractivity contribution in [1.82, 2.24) is 10.5 Å². The van der Waals surface area contributed by atoms with E-state index in [9.17, 15) is 9.18 Å². The van der Waals surface area contributed by atoms with Crippen LogP contribution in [-0.2, 0) is 13.0 Å². The highest BCUT2D eigenvalue weighted by atomic mass is 19.1. The first-order valence-corrected chi connectivity index (χ1v) is 6.61. The Hall–Kier alpha value is -2.47. The second kappa shape index (κ2) is 5.49. The SMILES string of the molecule is O=C(NO)c1cc(F)cnc1N1CCc2ccccc2C1. The Bertz CT molecular complexity index is 690. The molecule has 0 saturated carbocycles. The van der Waals surface area contributed by atoms with Crippen LogP contribution in [0.4, 0.5) is 10.2 Å². The minimum Gasteiger partial charge on any atom is -0.351 e. The summed E-state index contributed by atoms with van der Waals surface area (Å²) in [5, 5.41) is 8.79. The monoisotopic (exact) mass is 287 g/mol. The number of benzene rings is 1. The number of hydrogen-bond acceptors (Lipinski definition) is 4. The number of carbonyl (C=O) groups excluding carboxylic acids is 1. The van der Waals surface area contributed by atoms with E-state index in [-0.39, 0.29) is 5.56 Å². The van der Waals surface area contributed by atoms with Crippen molar-refractivity contribution in [3.8, 4) is 0 Å². The molecule has 0 bridgehead atoms. The van der Waals surface area contributed by atoms with Crippen LogP contribution >= 0.6 is 0 Å². The molecule has 5 nitrogen and oxygen atoms in total. The topological polar surface area (TPSA) is 65.5 Å². The van der Waals surface area contributed by atoms with Gasteiger partial charge in [-0.05, 0) is 23.6 Å². The van der Waals surface area contributed by atoms with Crippen molar-refractivity contribution in [2.45, 2.75) is 13.0 Å². The van der Waals surface area contributed by atoms with Crippen molar-refractivity contribution in [1.29, 1.82) is 0 Å². The summed E-state index contributed by atoms with van der Waals surface area (Å²) in [7, 11) is 0. The number of hydroxylamine groups is 1. The van der Waals surface area contributed by atoms with Gasteiger partial charge in [0.1, 0.15) is 11.6 Å². The number of nitrogens with zero attached hydrogens (tertiary/aromatic N) is 2. The molecule has 0 aliphatic carbocycles. The van der Waals surface area contributed by atoms with E-state index in [1.165, 1.54) is 11.0 Å². The van der Waals surface area contributed by atoms with Gasteiger partial charge in [-0.2, -0.15) is 0 Å². The molecule has 1 amide bonds. The molecule has 2 N–H and O–H groups in total. The lowest BCUT2D eigenvalue weighted by molar-refractivity contribution is 0.0706. The van der Waals surface area contributed by atoms with Crippen LogP contribution in [0.1, 0.15) is 21.5 Å². The van der Waals surface area contributed by atoms with Crippen molar-refractivity contribution in [2.24, 2.45) is 0 Å². The Morgan fingerprint density at radius 3 is 2.86 bits per heavy atom. The Kier molecular flexibility index (Phi) is 3.53. The average Bonchev–Trinajstić information content (AvgIpc) is 2.53. The molecule has 21 heavy (non-hydrogen) atoms. The van der Waals surface area contributed by atoms with Gasteiger partial charge in [0.25, 0.3) is 5.91 Å². The molecule has 1 aliphatic heterocycles. The number of rotatable bonds is 2. The molecule has 1 aromatic heterocycles. The van der Waals surface area contributed by atoms with Gasteiger partial charge in [-0.1, -0.05) is 24.3 Å². The number of aromatic nitrogens is 1. The number of anilines is 1. The highest BCUT2D eigenvalue weighted by Gasteiger charge is 2.22. The van der Waals surface area contributed by atoms with Gasteiger partial charge in [-0.25, -0.2) is 14.9 Å². The fourth-order valence-electron chi connectivity index (χ4n) is 2.59. The van der Waals surface area contributed by atoms with Crippen LogP contribution in [0.3, 0.4) is 0 Å². The molecular formula is C15H14FN3O2. The number of fused-ring (bicyclic) bond motifs is 1. The molecular weight excluding hydrogens is 273 g/mol. The zero-order valence-corrected chi connectivity index (χ0v) is 11.2. The summed E-state index contributed by atoms with van der Waals surface area (Å²) in [5.41, 5.74) is 3.98. The zero-order valence-electron chi connectivity index (χ0n) is 11.2. The highest BCUT2D eigenvalue weighted by Crippen LogP contribution is 2.26. The molecule has 0 radical (unpaired) electrons. The largest absolute Gasteiger partial charge is 0.351 e. The molecule has 3 rings (SSSR count). The minimum absolute atomic E-state index is 0.0249. The van der Waals surface area contributed by atoms with Crippen LogP contribution in [0.25, 0.3) is 0 Å². The third-order valence-corrected chi connectivity index (χ3v) is 3.61. The number of halogens is 1. The summed E-state index contributed by atoms with van der Waals surface area (Å²) in [4.78, 5) is 17.6. The van der Waals surface area contributed by atoms with Gasteiger partial charge in [0.05, 0.1) is 11.8 Å². The number of hydrogen-bond donors (Lipinski definition) is 2. The highest BCUT2D eigenvalue weighted by molar-refractivity contribution is 5.98. The fourth-order valence-corrected chi connectivity index (χ4v) is 2.59. The smallest absolute Gasteiger partial charge is 0.278 e. The first-order valence-electron chi connectivity index (χ1n) is 6.61. The minimum atomic E-state index is -0.768. The molecule has 2 aromatic rings. The van der Waals surface area contributed by atoms with Crippen LogP contribution in [-0.4, -0.2) is 22.6 Å². The second-order valence-electron chi connectivity index (χ2n) is 4.91. The summed E-state index contributed by atoms with van der Waals surface area (Å²) in [5.74, 6) is -1.01. The number of amides is 1. The quantitative estimate of drug-likeness (QED) is 0.654. The maximum Gasteiger partial charge on any atom is 0.278 e. The molecule has 0 saturated heterocycles.